The minimum atomic E-state index is -4.97. The fourth-order valence-corrected chi connectivity index (χ4v) is 13.3. The van der Waals surface area contributed by atoms with Crippen molar-refractivity contribution in [3.8, 4) is 0 Å². The molecular weight excluding hydrogens is 1290 g/mol. The Bertz CT molecular complexity index is 2020. The minimum Gasteiger partial charge on any atom is -0.462 e. The SMILES string of the molecule is CCCCCC/C=C\C=C/CCCCCCCC(=O)O[C@H](COC(=O)CCCCCCCCCC(C)C)COP(=O)(O)OCC(O)COP(=O)(O)OC[C@@H](COC(=O)CCCCCCCCCCCC(C)C)OC(=O)CCCCCCCCCCCCCCCCCCCCC(C)CC. The van der Waals surface area contributed by atoms with Gasteiger partial charge in [0, 0.05) is 25.7 Å². The zero-order valence-corrected chi connectivity index (χ0v) is 66.2. The van der Waals surface area contributed by atoms with E-state index in [1.54, 1.807) is 0 Å². The maximum absolute atomic E-state index is 13.1. The summed E-state index contributed by atoms with van der Waals surface area (Å²) in [7, 11) is -9.93. The maximum atomic E-state index is 13.1. The van der Waals surface area contributed by atoms with E-state index in [1.807, 2.05) is 0 Å². The van der Waals surface area contributed by atoms with Gasteiger partial charge in [-0.2, -0.15) is 0 Å². The number of unbranched alkanes of at least 4 members (excludes halogenated alkanes) is 40. The van der Waals surface area contributed by atoms with Crippen molar-refractivity contribution in [2.75, 3.05) is 39.6 Å². The molecule has 0 bridgehead atoms. The van der Waals surface area contributed by atoms with Gasteiger partial charge in [-0.05, 0) is 69.1 Å². The van der Waals surface area contributed by atoms with E-state index in [2.05, 4.69) is 72.8 Å². The summed E-state index contributed by atoms with van der Waals surface area (Å²) in [6, 6.07) is 0. The first-order chi connectivity index (χ1) is 47.8. The number of aliphatic hydroxyl groups excluding tert-OH is 1. The molecule has 0 saturated heterocycles. The van der Waals surface area contributed by atoms with Gasteiger partial charge in [-0.15, -0.1) is 0 Å². The number of allylic oxidation sites excluding steroid dienone is 4. The molecule has 99 heavy (non-hydrogen) atoms. The van der Waals surface area contributed by atoms with Crippen LogP contribution >= 0.6 is 15.6 Å². The van der Waals surface area contributed by atoms with Crippen LogP contribution in [-0.4, -0.2) is 96.7 Å². The van der Waals surface area contributed by atoms with Crippen LogP contribution in [0.2, 0.25) is 0 Å². The summed E-state index contributed by atoms with van der Waals surface area (Å²) < 4.78 is 68.6. The molecule has 0 aliphatic carbocycles. The third-order valence-corrected chi connectivity index (χ3v) is 20.3. The zero-order chi connectivity index (χ0) is 73.0. The highest BCUT2D eigenvalue weighted by molar-refractivity contribution is 7.47. The van der Waals surface area contributed by atoms with Crippen molar-refractivity contribution in [2.24, 2.45) is 17.8 Å². The molecule has 0 aromatic carbocycles. The van der Waals surface area contributed by atoms with Crippen LogP contribution in [0.3, 0.4) is 0 Å². The van der Waals surface area contributed by atoms with Gasteiger partial charge in [0.2, 0.25) is 0 Å². The lowest BCUT2D eigenvalue weighted by molar-refractivity contribution is -0.161. The normalized spacial score (nSPS) is 14.4. The first-order valence-corrected chi connectivity index (χ1v) is 43.7. The minimum absolute atomic E-state index is 0.0840. The van der Waals surface area contributed by atoms with E-state index in [9.17, 15) is 43.2 Å². The Morgan fingerprint density at radius 1 is 0.333 bits per heavy atom. The molecule has 17 nitrogen and oxygen atoms in total. The van der Waals surface area contributed by atoms with Gasteiger partial charge in [-0.25, -0.2) is 9.13 Å². The van der Waals surface area contributed by atoms with Crippen LogP contribution in [0, 0.1) is 17.8 Å². The number of phosphoric ester groups is 2. The smallest absolute Gasteiger partial charge is 0.462 e. The van der Waals surface area contributed by atoms with Crippen molar-refractivity contribution in [1.82, 2.24) is 0 Å². The fourth-order valence-electron chi connectivity index (χ4n) is 11.7. The molecule has 0 saturated carbocycles. The maximum Gasteiger partial charge on any atom is 0.472 e. The second-order valence-electron chi connectivity index (χ2n) is 29.3. The number of carbonyl (C=O) groups is 4. The fraction of sp³-hybridized carbons (Fsp3) is 0.900. The Hall–Kier alpha value is -2.46. The highest BCUT2D eigenvalue weighted by Crippen LogP contribution is 2.45. The first kappa shape index (κ1) is 96.5. The highest BCUT2D eigenvalue weighted by Gasteiger charge is 2.30. The number of esters is 4. The summed E-state index contributed by atoms with van der Waals surface area (Å²) in [5.74, 6) is 0.168. The number of hydrogen-bond donors (Lipinski definition) is 3. The van der Waals surface area contributed by atoms with Gasteiger partial charge in [-0.1, -0.05) is 336 Å². The lowest BCUT2D eigenvalue weighted by Crippen LogP contribution is -2.30. The van der Waals surface area contributed by atoms with Crippen molar-refractivity contribution >= 4 is 39.5 Å². The monoisotopic (exact) mass is 1450 g/mol. The van der Waals surface area contributed by atoms with Gasteiger partial charge in [0.05, 0.1) is 26.4 Å². The summed E-state index contributed by atoms with van der Waals surface area (Å²) in [5.41, 5.74) is 0. The largest absolute Gasteiger partial charge is 0.472 e. The van der Waals surface area contributed by atoms with Crippen molar-refractivity contribution < 1.29 is 80.2 Å². The van der Waals surface area contributed by atoms with Gasteiger partial charge in [0.15, 0.2) is 12.2 Å². The predicted molar refractivity (Wildman–Crippen MR) is 404 cm³/mol. The Balaban J connectivity index is 5.23. The molecule has 0 amide bonds. The molecule has 0 heterocycles. The lowest BCUT2D eigenvalue weighted by atomic mass is 9.99. The molecule has 19 heteroatoms. The number of ether oxygens (including phenoxy) is 4. The topological polar surface area (TPSA) is 237 Å². The lowest BCUT2D eigenvalue weighted by Gasteiger charge is -2.21. The Morgan fingerprint density at radius 3 is 0.899 bits per heavy atom. The van der Waals surface area contributed by atoms with E-state index in [0.29, 0.717) is 31.6 Å². The number of carbonyl (C=O) groups excluding carboxylic acids is 4. The number of rotatable bonds is 76. The summed E-state index contributed by atoms with van der Waals surface area (Å²) >= 11 is 0. The van der Waals surface area contributed by atoms with Crippen LogP contribution in [0.1, 0.15) is 389 Å². The molecule has 0 radical (unpaired) electrons. The van der Waals surface area contributed by atoms with Crippen LogP contribution in [0.25, 0.3) is 0 Å². The predicted octanol–water partition coefficient (Wildman–Crippen LogP) is 23.3. The second-order valence-corrected chi connectivity index (χ2v) is 32.2. The summed E-state index contributed by atoms with van der Waals surface area (Å²) in [4.78, 5) is 72.9. The zero-order valence-electron chi connectivity index (χ0n) is 64.4. The molecule has 0 aromatic heterocycles. The summed E-state index contributed by atoms with van der Waals surface area (Å²) in [6.07, 6.45) is 60.6. The Morgan fingerprint density at radius 2 is 0.596 bits per heavy atom. The van der Waals surface area contributed by atoms with Gasteiger partial charge in [-0.3, -0.25) is 37.3 Å². The molecule has 0 spiro atoms. The highest BCUT2D eigenvalue weighted by atomic mass is 31.2. The Kier molecular flexibility index (Phi) is 68.1. The van der Waals surface area contributed by atoms with Crippen LogP contribution in [0.15, 0.2) is 24.3 Å². The number of hydrogen-bond acceptors (Lipinski definition) is 15. The standard InChI is InChI=1S/C80H152O17P2/c1-8-10-11-12-13-14-15-16-21-25-28-33-41-49-56-63-80(85)97-76(68-91-78(83)62-55-48-43-36-38-45-52-59-72(5)6)70-95-99(88,89)93-66-74(81)65-92-98(86,87)94-69-75(67-90-77(82)61-54-47-40-35-30-31-37-44-51-58-71(3)4)96-79(84)64-57-50-42-34-29-26-23-20-18-17-19-22-24-27-32-39-46-53-60-73(7)9-2/h14-16,21,71-76,81H,8-13,17-20,22-70H2,1-7H3,(H,86,87)(H,88,89)/b15-14-,21-16-/t73?,74?,75-,76-/m1/s1. The Labute approximate surface area is 605 Å². The van der Waals surface area contributed by atoms with Crippen LogP contribution < -0.4 is 0 Å². The van der Waals surface area contributed by atoms with E-state index in [-0.39, 0.29) is 25.7 Å². The molecule has 4 unspecified atom stereocenters. The summed E-state index contributed by atoms with van der Waals surface area (Å²) in [6.45, 7) is 11.8. The molecule has 0 rings (SSSR count). The van der Waals surface area contributed by atoms with Crippen molar-refractivity contribution in [3.05, 3.63) is 24.3 Å². The molecule has 0 aliphatic rings. The van der Waals surface area contributed by atoms with Crippen molar-refractivity contribution in [1.29, 1.82) is 0 Å². The second kappa shape index (κ2) is 69.9. The molecule has 6 atom stereocenters. The number of phosphoric acid groups is 2. The van der Waals surface area contributed by atoms with Gasteiger partial charge < -0.3 is 33.8 Å². The number of aliphatic hydroxyl groups is 1. The van der Waals surface area contributed by atoms with Crippen LogP contribution in [0.5, 0.6) is 0 Å². The quantitative estimate of drug-likeness (QED) is 0.0169. The third kappa shape index (κ3) is 72.3. The van der Waals surface area contributed by atoms with E-state index >= 15 is 0 Å². The van der Waals surface area contributed by atoms with E-state index in [0.717, 1.165) is 121 Å². The van der Waals surface area contributed by atoms with Crippen LogP contribution in [-0.2, 0) is 65.4 Å². The third-order valence-electron chi connectivity index (χ3n) is 18.4. The average Bonchev–Trinajstić information content (AvgIpc) is 0.952. The van der Waals surface area contributed by atoms with Crippen molar-refractivity contribution in [2.45, 2.75) is 407 Å². The first-order valence-electron chi connectivity index (χ1n) is 40.7. The van der Waals surface area contributed by atoms with E-state index in [4.69, 9.17) is 37.0 Å². The molecule has 3 N–H and O–H groups in total. The molecular formula is C80H152O17P2. The van der Waals surface area contributed by atoms with E-state index < -0.39 is 97.5 Å². The van der Waals surface area contributed by atoms with Gasteiger partial charge in [0.25, 0.3) is 0 Å². The summed E-state index contributed by atoms with van der Waals surface area (Å²) in [5, 5.41) is 10.6. The van der Waals surface area contributed by atoms with Gasteiger partial charge in [0.1, 0.15) is 19.3 Å². The molecule has 0 aromatic rings. The molecule has 0 aliphatic heterocycles. The van der Waals surface area contributed by atoms with Gasteiger partial charge >= 0.3 is 39.5 Å². The molecule has 584 valence electrons. The average molecular weight is 1450 g/mol. The molecule has 0 fully saturated rings. The van der Waals surface area contributed by atoms with E-state index in [1.165, 1.54) is 180 Å². The van der Waals surface area contributed by atoms with Crippen molar-refractivity contribution in [3.63, 3.8) is 0 Å². The van der Waals surface area contributed by atoms with Crippen LogP contribution in [0.4, 0.5) is 0 Å².